The Morgan fingerprint density at radius 1 is 0.692 bits per heavy atom. The fraction of sp³-hybridized carbons (Fsp3) is 1.00. The van der Waals surface area contributed by atoms with Crippen LogP contribution in [0, 0.1) is 0 Å². The molecule has 1 atom stereocenters. The summed E-state index contributed by atoms with van der Waals surface area (Å²) in [5.74, 6) is 0. The van der Waals surface area contributed by atoms with Crippen LogP contribution in [-0.4, -0.2) is 29.9 Å². The summed E-state index contributed by atoms with van der Waals surface area (Å²) in [6, 6.07) is 0. The Morgan fingerprint density at radius 2 is 1.00 bits per heavy atom. The number of hydrogen-bond acceptors (Lipinski definition) is 4. The number of aliphatic hydroxyl groups is 1. The molecular weight excluding hydrogens is 375 g/mol. The number of unbranched alkanes of at least 4 members (excludes halogenated alkanes) is 15. The van der Waals surface area contributed by atoms with Crippen LogP contribution in [0.4, 0.5) is 0 Å². The topological polar surface area (TPSA) is 77.4 Å². The van der Waals surface area contributed by atoms with Gasteiger partial charge in [0, 0.05) is 0 Å². The Kier molecular flexibility index (Phi) is 24.2. The third-order valence-corrected chi connectivity index (χ3v) is 6.19. The first kappa shape index (κ1) is 29.7. The smallest absolute Gasteiger partial charge is 0.748 e. The second-order valence-corrected chi connectivity index (χ2v) is 9.04. The standard InChI is InChI=1S/C20H42O4S.K/c1-2-3-4-5-6-7-8-9-10-11-12-13-14-15-16-17-18-20(19-21)25(22,23)24;/h20-21H,2-19H2,1H3,(H,22,23,24);/q;+1/p-1. The Morgan fingerprint density at radius 3 is 1.27 bits per heavy atom. The van der Waals surface area contributed by atoms with Crippen LogP contribution in [0.5, 0.6) is 0 Å². The zero-order valence-electron chi connectivity index (χ0n) is 17.4. The van der Waals surface area contributed by atoms with E-state index in [1.54, 1.807) is 0 Å². The first-order chi connectivity index (χ1) is 12.0. The van der Waals surface area contributed by atoms with Gasteiger partial charge in [-0.3, -0.25) is 0 Å². The third kappa shape index (κ3) is 20.2. The SMILES string of the molecule is CCCCCCCCCCCCCCCCCCC(CO)S(=O)(=O)[O-].[K+]. The fourth-order valence-electron chi connectivity index (χ4n) is 3.25. The maximum atomic E-state index is 10.8. The Bertz CT molecular complexity index is 374. The van der Waals surface area contributed by atoms with Crippen LogP contribution in [0.2, 0.25) is 0 Å². The second kappa shape index (κ2) is 21.2. The van der Waals surface area contributed by atoms with Crippen molar-refractivity contribution in [1.29, 1.82) is 0 Å². The van der Waals surface area contributed by atoms with Crippen LogP contribution >= 0.6 is 0 Å². The predicted molar refractivity (Wildman–Crippen MR) is 105 cm³/mol. The number of hydrogen-bond donors (Lipinski definition) is 1. The van der Waals surface area contributed by atoms with Crippen molar-refractivity contribution in [1.82, 2.24) is 0 Å². The second-order valence-electron chi connectivity index (χ2n) is 7.39. The molecule has 0 saturated carbocycles. The van der Waals surface area contributed by atoms with E-state index in [4.69, 9.17) is 5.11 Å². The molecule has 0 amide bonds. The summed E-state index contributed by atoms with van der Waals surface area (Å²) in [6.07, 6.45) is 20.6. The largest absolute Gasteiger partial charge is 1.00 e. The molecule has 0 spiro atoms. The average Bonchev–Trinajstić information content (AvgIpc) is 2.56. The van der Waals surface area contributed by atoms with Crippen LogP contribution in [0.1, 0.15) is 116 Å². The summed E-state index contributed by atoms with van der Waals surface area (Å²) in [6.45, 7) is 1.71. The number of aliphatic hydroxyl groups excluding tert-OH is 1. The van der Waals surface area contributed by atoms with Gasteiger partial charge in [0.15, 0.2) is 0 Å². The molecule has 0 aromatic heterocycles. The van der Waals surface area contributed by atoms with E-state index >= 15 is 0 Å². The van der Waals surface area contributed by atoms with Crippen molar-refractivity contribution < 1.29 is 69.5 Å². The van der Waals surface area contributed by atoms with E-state index in [0.29, 0.717) is 12.8 Å². The van der Waals surface area contributed by atoms with Gasteiger partial charge in [-0.1, -0.05) is 110 Å². The molecule has 0 aliphatic rings. The molecule has 0 aliphatic heterocycles. The van der Waals surface area contributed by atoms with Crippen molar-refractivity contribution in [3.63, 3.8) is 0 Å². The molecule has 0 saturated heterocycles. The van der Waals surface area contributed by atoms with Crippen molar-refractivity contribution in [2.45, 2.75) is 121 Å². The van der Waals surface area contributed by atoms with Gasteiger partial charge in [0.25, 0.3) is 0 Å². The minimum absolute atomic E-state index is 0. The molecule has 0 fully saturated rings. The molecule has 0 rings (SSSR count). The first-order valence-electron chi connectivity index (χ1n) is 10.6. The Balaban J connectivity index is 0. The summed E-state index contributed by atoms with van der Waals surface area (Å²) in [5.41, 5.74) is 0. The first-order valence-corrected chi connectivity index (χ1v) is 12.0. The molecule has 152 valence electrons. The van der Waals surface area contributed by atoms with Gasteiger partial charge in [-0.2, -0.15) is 0 Å². The zero-order chi connectivity index (χ0) is 18.8. The Labute approximate surface area is 205 Å². The van der Waals surface area contributed by atoms with E-state index in [0.717, 1.165) is 12.8 Å². The zero-order valence-corrected chi connectivity index (χ0v) is 21.3. The molecule has 0 radical (unpaired) electrons. The Hall–Kier alpha value is 1.51. The van der Waals surface area contributed by atoms with E-state index < -0.39 is 22.0 Å². The molecule has 6 heteroatoms. The van der Waals surface area contributed by atoms with Crippen LogP contribution in [0.3, 0.4) is 0 Å². The minimum atomic E-state index is -4.34. The van der Waals surface area contributed by atoms with Gasteiger partial charge in [0.1, 0.15) is 0 Å². The van der Waals surface area contributed by atoms with E-state index in [1.807, 2.05) is 0 Å². The molecule has 26 heavy (non-hydrogen) atoms. The summed E-state index contributed by atoms with van der Waals surface area (Å²) >= 11 is 0. The van der Waals surface area contributed by atoms with Gasteiger partial charge < -0.3 is 9.66 Å². The third-order valence-electron chi connectivity index (χ3n) is 4.99. The van der Waals surface area contributed by atoms with Crippen molar-refractivity contribution in [3.8, 4) is 0 Å². The van der Waals surface area contributed by atoms with Crippen molar-refractivity contribution >= 4 is 10.1 Å². The van der Waals surface area contributed by atoms with Crippen LogP contribution in [0.15, 0.2) is 0 Å². The fourth-order valence-corrected chi connectivity index (χ4v) is 3.88. The van der Waals surface area contributed by atoms with E-state index in [1.165, 1.54) is 83.5 Å². The van der Waals surface area contributed by atoms with Crippen LogP contribution in [-0.2, 0) is 10.1 Å². The normalized spacial score (nSPS) is 12.7. The summed E-state index contributed by atoms with van der Waals surface area (Å²) in [5, 5.41) is 7.80. The number of rotatable bonds is 19. The maximum absolute atomic E-state index is 10.8. The van der Waals surface area contributed by atoms with E-state index in [-0.39, 0.29) is 51.4 Å². The predicted octanol–water partition coefficient (Wildman–Crippen LogP) is 2.55. The molecule has 0 heterocycles. The molecule has 1 N–H and O–H groups in total. The molecule has 0 aromatic carbocycles. The summed E-state index contributed by atoms with van der Waals surface area (Å²) < 4.78 is 32.5. The summed E-state index contributed by atoms with van der Waals surface area (Å²) in [7, 11) is -4.34. The van der Waals surface area contributed by atoms with E-state index in [9.17, 15) is 13.0 Å². The molecule has 0 aromatic rings. The van der Waals surface area contributed by atoms with Gasteiger partial charge in [-0.25, -0.2) is 8.42 Å². The van der Waals surface area contributed by atoms with Crippen molar-refractivity contribution in [2.75, 3.05) is 6.61 Å². The van der Waals surface area contributed by atoms with E-state index in [2.05, 4.69) is 6.92 Å². The van der Waals surface area contributed by atoms with Gasteiger partial charge in [-0.05, 0) is 6.42 Å². The van der Waals surface area contributed by atoms with Gasteiger partial charge in [0.2, 0.25) is 0 Å². The van der Waals surface area contributed by atoms with Gasteiger partial charge >= 0.3 is 51.4 Å². The molecule has 0 aliphatic carbocycles. The van der Waals surface area contributed by atoms with Crippen LogP contribution < -0.4 is 51.4 Å². The molecular formula is C20H41KO4S. The van der Waals surface area contributed by atoms with Crippen LogP contribution in [0.25, 0.3) is 0 Å². The quantitative estimate of drug-likeness (QED) is 0.199. The van der Waals surface area contributed by atoms with Crippen molar-refractivity contribution in [2.24, 2.45) is 0 Å². The van der Waals surface area contributed by atoms with Crippen molar-refractivity contribution in [3.05, 3.63) is 0 Å². The monoisotopic (exact) mass is 416 g/mol. The van der Waals surface area contributed by atoms with Gasteiger partial charge in [-0.15, -0.1) is 0 Å². The average molecular weight is 417 g/mol. The summed E-state index contributed by atoms with van der Waals surface area (Å²) in [4.78, 5) is 0. The molecule has 1 unspecified atom stereocenters. The van der Waals surface area contributed by atoms with Gasteiger partial charge in [0.05, 0.1) is 22.0 Å². The maximum Gasteiger partial charge on any atom is 1.00 e. The molecule has 4 nitrogen and oxygen atoms in total. The molecule has 0 bridgehead atoms. The minimum Gasteiger partial charge on any atom is -0.748 e.